The number of carbonyl (C=O) groups excluding carboxylic acids is 2. The SMILES string of the molecule is CCC(C(=O)NC(C)(C)C)N(Cc1c(Cl)cccc1Cl)C(=O)CN(c1cc([N+](=O)[O-])ccc1OC)S(C)(=O)=O. The first kappa shape index (κ1) is 32.1. The molecule has 2 aromatic carbocycles. The van der Waals surface area contributed by atoms with Crippen LogP contribution in [-0.2, 0) is 26.2 Å². The lowest BCUT2D eigenvalue weighted by atomic mass is 10.1. The first-order valence-electron chi connectivity index (χ1n) is 11.8. The number of halogens is 2. The summed E-state index contributed by atoms with van der Waals surface area (Å²) in [5, 5.41) is 14.8. The molecule has 1 N–H and O–H groups in total. The number of rotatable bonds is 11. The molecule has 11 nitrogen and oxygen atoms in total. The third-order valence-electron chi connectivity index (χ3n) is 5.60. The fourth-order valence-corrected chi connectivity index (χ4v) is 5.17. The largest absolute Gasteiger partial charge is 0.495 e. The number of nitro groups is 1. The van der Waals surface area contributed by atoms with Gasteiger partial charge < -0.3 is 15.0 Å². The Morgan fingerprint density at radius 2 is 1.74 bits per heavy atom. The monoisotopic (exact) mass is 602 g/mol. The molecule has 214 valence electrons. The summed E-state index contributed by atoms with van der Waals surface area (Å²) in [6.45, 7) is 6.09. The van der Waals surface area contributed by atoms with E-state index in [0.717, 1.165) is 18.4 Å². The molecule has 0 aliphatic carbocycles. The van der Waals surface area contributed by atoms with E-state index >= 15 is 0 Å². The smallest absolute Gasteiger partial charge is 0.271 e. The maximum Gasteiger partial charge on any atom is 0.271 e. The third kappa shape index (κ3) is 8.45. The van der Waals surface area contributed by atoms with E-state index in [-0.39, 0.29) is 34.4 Å². The van der Waals surface area contributed by atoms with E-state index in [0.29, 0.717) is 9.87 Å². The second-order valence-corrected chi connectivity index (χ2v) is 12.5. The van der Waals surface area contributed by atoms with Gasteiger partial charge in [0.25, 0.3) is 5.69 Å². The molecule has 2 aromatic rings. The van der Waals surface area contributed by atoms with E-state index in [1.165, 1.54) is 18.1 Å². The van der Waals surface area contributed by atoms with Crippen LogP contribution in [0.1, 0.15) is 39.7 Å². The minimum absolute atomic E-state index is 0.00274. The number of nitrogens with one attached hydrogen (secondary N) is 1. The summed E-state index contributed by atoms with van der Waals surface area (Å²) in [6, 6.07) is 7.17. The van der Waals surface area contributed by atoms with Crippen molar-refractivity contribution in [3.8, 4) is 5.75 Å². The summed E-state index contributed by atoms with van der Waals surface area (Å²) in [5.41, 5.74) is -0.848. The van der Waals surface area contributed by atoms with Crippen LogP contribution < -0.4 is 14.4 Å². The van der Waals surface area contributed by atoms with Crippen molar-refractivity contribution in [2.24, 2.45) is 0 Å². The Kier molecular flexibility index (Phi) is 10.6. The van der Waals surface area contributed by atoms with Gasteiger partial charge in [0.05, 0.1) is 18.3 Å². The highest BCUT2D eigenvalue weighted by atomic mass is 35.5. The molecule has 0 aliphatic rings. The highest BCUT2D eigenvalue weighted by molar-refractivity contribution is 7.92. The minimum atomic E-state index is -4.16. The van der Waals surface area contributed by atoms with Crippen molar-refractivity contribution in [2.45, 2.75) is 52.2 Å². The number of sulfonamides is 1. The van der Waals surface area contributed by atoms with Crippen LogP contribution in [0.5, 0.6) is 5.75 Å². The quantitative estimate of drug-likeness (QED) is 0.297. The maximum atomic E-state index is 13.9. The highest BCUT2D eigenvalue weighted by Gasteiger charge is 2.34. The summed E-state index contributed by atoms with van der Waals surface area (Å²) >= 11 is 12.7. The molecule has 0 aromatic heterocycles. The van der Waals surface area contributed by atoms with Gasteiger partial charge in [0.1, 0.15) is 24.0 Å². The summed E-state index contributed by atoms with van der Waals surface area (Å²) in [4.78, 5) is 39.0. The molecule has 0 saturated carbocycles. The van der Waals surface area contributed by atoms with Crippen LogP contribution in [0.25, 0.3) is 0 Å². The van der Waals surface area contributed by atoms with E-state index in [9.17, 15) is 28.1 Å². The van der Waals surface area contributed by atoms with Gasteiger partial charge in [-0.15, -0.1) is 0 Å². The lowest BCUT2D eigenvalue weighted by molar-refractivity contribution is -0.384. The molecular weight excluding hydrogens is 571 g/mol. The van der Waals surface area contributed by atoms with Crippen LogP contribution in [0.15, 0.2) is 36.4 Å². The second-order valence-electron chi connectivity index (χ2n) is 9.77. The molecule has 2 amide bonds. The van der Waals surface area contributed by atoms with Crippen molar-refractivity contribution < 1.29 is 27.7 Å². The van der Waals surface area contributed by atoms with Gasteiger partial charge in [-0.2, -0.15) is 0 Å². The van der Waals surface area contributed by atoms with Crippen LogP contribution in [0.4, 0.5) is 11.4 Å². The van der Waals surface area contributed by atoms with Gasteiger partial charge in [-0.25, -0.2) is 8.42 Å². The number of benzene rings is 2. The average Bonchev–Trinajstić information content (AvgIpc) is 2.81. The van der Waals surface area contributed by atoms with Crippen molar-refractivity contribution in [3.63, 3.8) is 0 Å². The molecule has 0 heterocycles. The summed E-state index contributed by atoms with van der Waals surface area (Å²) < 4.78 is 31.7. The Bertz CT molecular complexity index is 1330. The van der Waals surface area contributed by atoms with Crippen LogP contribution in [-0.4, -0.2) is 61.5 Å². The number of amides is 2. The lowest BCUT2D eigenvalue weighted by Gasteiger charge is -2.35. The van der Waals surface area contributed by atoms with E-state index in [2.05, 4.69) is 5.32 Å². The molecule has 1 unspecified atom stereocenters. The number of nitrogens with zero attached hydrogens (tertiary/aromatic N) is 3. The summed E-state index contributed by atoms with van der Waals surface area (Å²) in [6.07, 6.45) is 1.05. The Hall–Kier alpha value is -3.09. The molecule has 2 rings (SSSR count). The standard InChI is InChI=1S/C25H32Cl2N4O7S/c1-7-20(24(33)28-25(2,3)4)29(14-17-18(26)9-8-10-19(17)27)23(32)15-30(39(6,36)37)21-13-16(31(34)35)11-12-22(21)38-5/h8-13,20H,7,14-15H2,1-6H3,(H,28,33). The average molecular weight is 604 g/mol. The van der Waals surface area contributed by atoms with Crippen molar-refractivity contribution in [2.75, 3.05) is 24.2 Å². The lowest BCUT2D eigenvalue weighted by Crippen LogP contribution is -2.55. The molecule has 0 radical (unpaired) electrons. The second kappa shape index (κ2) is 12.8. The van der Waals surface area contributed by atoms with Crippen molar-refractivity contribution >= 4 is 56.4 Å². The van der Waals surface area contributed by atoms with E-state index in [1.54, 1.807) is 45.9 Å². The van der Waals surface area contributed by atoms with Crippen molar-refractivity contribution in [1.82, 2.24) is 10.2 Å². The number of ether oxygens (including phenoxy) is 1. The van der Waals surface area contributed by atoms with Gasteiger partial charge in [0.2, 0.25) is 21.8 Å². The Balaban J connectivity index is 2.64. The van der Waals surface area contributed by atoms with Gasteiger partial charge in [-0.1, -0.05) is 36.2 Å². The fourth-order valence-electron chi connectivity index (χ4n) is 3.81. The van der Waals surface area contributed by atoms with Gasteiger partial charge in [-0.05, 0) is 45.4 Å². The Morgan fingerprint density at radius 3 is 2.21 bits per heavy atom. The molecule has 0 aliphatic heterocycles. The number of methoxy groups -OCH3 is 1. The van der Waals surface area contributed by atoms with Gasteiger partial charge in [0.15, 0.2) is 0 Å². The van der Waals surface area contributed by atoms with E-state index in [1.807, 2.05) is 0 Å². The Morgan fingerprint density at radius 1 is 1.15 bits per heavy atom. The van der Waals surface area contributed by atoms with Gasteiger partial charge >= 0.3 is 0 Å². The number of hydrogen-bond acceptors (Lipinski definition) is 7. The number of carbonyl (C=O) groups is 2. The zero-order valence-corrected chi connectivity index (χ0v) is 24.9. The summed E-state index contributed by atoms with van der Waals surface area (Å²) in [7, 11) is -2.90. The predicted molar refractivity (Wildman–Crippen MR) is 151 cm³/mol. The number of anilines is 1. The van der Waals surface area contributed by atoms with Crippen molar-refractivity contribution in [3.05, 3.63) is 62.1 Å². The molecule has 0 spiro atoms. The van der Waals surface area contributed by atoms with Gasteiger partial charge in [0, 0.05) is 39.8 Å². The number of non-ortho nitro benzene ring substituents is 1. The summed E-state index contributed by atoms with van der Waals surface area (Å²) in [5.74, 6) is -1.22. The molecule has 1 atom stereocenters. The molecule has 0 fully saturated rings. The minimum Gasteiger partial charge on any atom is -0.495 e. The third-order valence-corrected chi connectivity index (χ3v) is 7.43. The predicted octanol–water partition coefficient (Wildman–Crippen LogP) is 4.40. The van der Waals surface area contributed by atoms with Gasteiger partial charge in [-0.3, -0.25) is 24.0 Å². The number of nitro benzene ring substituents is 1. The fraction of sp³-hybridized carbons (Fsp3) is 0.440. The van der Waals surface area contributed by atoms with Crippen LogP contribution in [0.2, 0.25) is 10.0 Å². The molecule has 0 saturated heterocycles. The van der Waals surface area contributed by atoms with Crippen LogP contribution >= 0.6 is 23.2 Å². The topological polar surface area (TPSA) is 139 Å². The van der Waals surface area contributed by atoms with E-state index < -0.39 is 50.6 Å². The van der Waals surface area contributed by atoms with E-state index in [4.69, 9.17) is 27.9 Å². The normalized spacial score (nSPS) is 12.4. The molecule has 14 heteroatoms. The first-order chi connectivity index (χ1) is 18.0. The van der Waals surface area contributed by atoms with Crippen LogP contribution in [0, 0.1) is 10.1 Å². The highest BCUT2D eigenvalue weighted by Crippen LogP contribution is 2.34. The Labute approximate surface area is 238 Å². The zero-order valence-electron chi connectivity index (χ0n) is 22.5. The molecule has 39 heavy (non-hydrogen) atoms. The molecular formula is C25H32Cl2N4O7S. The first-order valence-corrected chi connectivity index (χ1v) is 14.4. The van der Waals surface area contributed by atoms with Crippen molar-refractivity contribution in [1.29, 1.82) is 0 Å². The van der Waals surface area contributed by atoms with Crippen LogP contribution in [0.3, 0.4) is 0 Å². The maximum absolute atomic E-state index is 13.9. The number of hydrogen-bond donors (Lipinski definition) is 1. The zero-order chi connectivity index (χ0) is 29.7. The molecule has 0 bridgehead atoms.